The summed E-state index contributed by atoms with van der Waals surface area (Å²) in [6.07, 6.45) is -0.612. The smallest absolute Gasteiger partial charge is 0.326 e. The minimum absolute atomic E-state index is 0.0528. The predicted molar refractivity (Wildman–Crippen MR) is 234 cm³/mol. The number of ether oxygens (including phenoxy) is 3. The highest BCUT2D eigenvalue weighted by Crippen LogP contribution is 2.42. The number of rotatable bonds is 12. The molecule has 13 nitrogen and oxygen atoms in total. The van der Waals surface area contributed by atoms with Gasteiger partial charge in [0.2, 0.25) is 5.91 Å². The summed E-state index contributed by atoms with van der Waals surface area (Å²) in [5, 5.41) is 22.7. The Bertz CT molecular complexity index is 2830. The van der Waals surface area contributed by atoms with Crippen LogP contribution in [0.15, 0.2) is 107 Å². The van der Waals surface area contributed by atoms with Gasteiger partial charge in [-0.05, 0) is 107 Å². The van der Waals surface area contributed by atoms with Gasteiger partial charge >= 0.3 is 5.97 Å². The van der Waals surface area contributed by atoms with Crippen LogP contribution in [0.4, 0.5) is 5.13 Å². The number of hydrogen-bond donors (Lipinski definition) is 3. The molecular weight excluding hydrogens is 850 g/mol. The Balaban J connectivity index is 1.01. The van der Waals surface area contributed by atoms with E-state index in [-0.39, 0.29) is 41.0 Å². The molecule has 0 spiro atoms. The molecule has 0 bridgehead atoms. The number of halogens is 1. The van der Waals surface area contributed by atoms with E-state index in [0.717, 1.165) is 43.5 Å². The maximum atomic E-state index is 14.4. The van der Waals surface area contributed by atoms with Gasteiger partial charge in [-0.15, -0.1) is 0 Å². The monoisotopic (exact) mass is 889 g/mol. The lowest BCUT2D eigenvalue weighted by Gasteiger charge is -2.36. The lowest BCUT2D eigenvalue weighted by atomic mass is 9.94. The molecule has 0 saturated carbocycles. The topological polar surface area (TPSA) is 194 Å². The molecule has 2 aliphatic heterocycles. The lowest BCUT2D eigenvalue weighted by Crippen LogP contribution is -2.55. The van der Waals surface area contributed by atoms with Gasteiger partial charge in [-0.1, -0.05) is 83.6 Å². The molecule has 1 unspecified atom stereocenters. The van der Waals surface area contributed by atoms with Crippen molar-refractivity contribution in [3.8, 4) is 34.4 Å². The van der Waals surface area contributed by atoms with Crippen molar-refractivity contribution in [2.75, 3.05) is 12.3 Å². The van der Waals surface area contributed by atoms with Gasteiger partial charge in [0.05, 0.1) is 17.3 Å². The molecule has 316 valence electrons. The minimum Gasteiger partial charge on any atom is -0.489 e. The predicted octanol–water partition coefficient (Wildman–Crippen LogP) is 7.55. The van der Waals surface area contributed by atoms with Crippen molar-refractivity contribution in [3.05, 3.63) is 153 Å². The third kappa shape index (κ3) is 8.95. The van der Waals surface area contributed by atoms with Gasteiger partial charge in [0, 0.05) is 18.0 Å². The van der Waals surface area contributed by atoms with E-state index < -0.39 is 40.1 Å². The van der Waals surface area contributed by atoms with Crippen LogP contribution in [0, 0.1) is 25.2 Å². The second-order valence-corrected chi connectivity index (χ2v) is 18.6. The van der Waals surface area contributed by atoms with E-state index >= 15 is 0 Å². The first-order valence-electron chi connectivity index (χ1n) is 19.6. The van der Waals surface area contributed by atoms with Crippen LogP contribution in [0.25, 0.3) is 11.1 Å². The molecule has 1 aromatic heterocycles. The number of thiazole rings is 1. The Labute approximate surface area is 367 Å². The SMILES string of the molecule is Cc1ccc(COc2ccc([C@H]3COc4cc5c(cc4O3)CN(S(=O)(=O)c3sc(N)nc3C)[C@H](C(=O)NC(Cc3ccc(-c4ccc(C#N)cc4)cc3)C(=O)O)C5)cc2)cc1Cl. The van der Waals surface area contributed by atoms with Crippen molar-refractivity contribution in [2.24, 2.45) is 0 Å². The van der Waals surface area contributed by atoms with Gasteiger partial charge in [-0.25, -0.2) is 18.2 Å². The molecule has 0 radical (unpaired) electrons. The van der Waals surface area contributed by atoms with Gasteiger partial charge in [0.15, 0.2) is 26.9 Å². The lowest BCUT2D eigenvalue weighted by molar-refractivity contribution is -0.142. The number of nitrogens with two attached hydrogens (primary N) is 1. The number of carbonyl (C=O) groups excluding carboxylic acids is 1. The summed E-state index contributed by atoms with van der Waals surface area (Å²) in [5.41, 5.74) is 13.0. The molecule has 0 saturated heterocycles. The van der Waals surface area contributed by atoms with Crippen molar-refractivity contribution in [3.63, 3.8) is 0 Å². The number of hydrogen-bond acceptors (Lipinski definition) is 11. The summed E-state index contributed by atoms with van der Waals surface area (Å²) in [7, 11) is -4.37. The molecule has 62 heavy (non-hydrogen) atoms. The number of aromatic nitrogens is 1. The number of fused-ring (bicyclic) bond motifs is 2. The van der Waals surface area contributed by atoms with Crippen molar-refractivity contribution in [2.45, 2.75) is 62.2 Å². The summed E-state index contributed by atoms with van der Waals surface area (Å²) in [6, 6.07) is 30.4. The zero-order chi connectivity index (χ0) is 43.7. The number of nitrogen functional groups attached to an aromatic ring is 1. The van der Waals surface area contributed by atoms with Crippen LogP contribution in [0.1, 0.15) is 50.7 Å². The Morgan fingerprint density at radius 1 is 0.984 bits per heavy atom. The number of carboxylic acids is 1. The third-order valence-electron chi connectivity index (χ3n) is 10.9. The van der Waals surface area contributed by atoms with Crippen LogP contribution >= 0.6 is 22.9 Å². The summed E-state index contributed by atoms with van der Waals surface area (Å²) in [5.74, 6) is -0.549. The molecule has 2 aliphatic rings. The minimum atomic E-state index is -4.37. The fourth-order valence-electron chi connectivity index (χ4n) is 7.46. The van der Waals surface area contributed by atoms with Crippen LogP contribution in [-0.4, -0.2) is 53.4 Å². The van der Waals surface area contributed by atoms with Crippen molar-refractivity contribution < 1.29 is 37.3 Å². The molecular formula is C46H40ClN5O8S2. The average molecular weight is 890 g/mol. The largest absolute Gasteiger partial charge is 0.489 e. The van der Waals surface area contributed by atoms with E-state index in [1.807, 2.05) is 73.7 Å². The van der Waals surface area contributed by atoms with Gasteiger partial charge in [-0.2, -0.15) is 9.57 Å². The third-order valence-corrected chi connectivity index (χ3v) is 14.7. The second kappa shape index (κ2) is 17.5. The molecule has 5 aromatic carbocycles. The fraction of sp³-hybridized carbons (Fsp3) is 0.217. The number of anilines is 1. The molecule has 6 aromatic rings. The number of nitrogens with one attached hydrogen (secondary N) is 1. The maximum absolute atomic E-state index is 14.4. The molecule has 0 aliphatic carbocycles. The van der Waals surface area contributed by atoms with Gasteiger partial charge in [-0.3, -0.25) is 4.79 Å². The second-order valence-electron chi connectivity index (χ2n) is 15.1. The van der Waals surface area contributed by atoms with Gasteiger partial charge < -0.3 is 30.4 Å². The highest BCUT2D eigenvalue weighted by molar-refractivity contribution is 7.91. The summed E-state index contributed by atoms with van der Waals surface area (Å²) in [6.45, 7) is 3.79. The van der Waals surface area contributed by atoms with E-state index in [4.69, 9.17) is 36.8 Å². The normalized spacial score (nSPS) is 16.4. The van der Waals surface area contributed by atoms with E-state index in [9.17, 15) is 23.1 Å². The highest BCUT2D eigenvalue weighted by atomic mass is 35.5. The number of aliphatic carboxylic acids is 1. The number of carboxylic acid groups (broad SMARTS) is 1. The first-order chi connectivity index (χ1) is 29.7. The average Bonchev–Trinajstić information content (AvgIpc) is 3.63. The van der Waals surface area contributed by atoms with E-state index in [1.165, 1.54) is 6.92 Å². The molecule has 3 atom stereocenters. The van der Waals surface area contributed by atoms with Crippen LogP contribution in [0.5, 0.6) is 17.2 Å². The van der Waals surface area contributed by atoms with Crippen LogP contribution < -0.4 is 25.3 Å². The molecule has 8 rings (SSSR count). The van der Waals surface area contributed by atoms with Crippen molar-refractivity contribution in [1.82, 2.24) is 14.6 Å². The standard InChI is InChI=1S/C46H40ClN5O8S2/c1-26-3-4-30(17-37(26)47)24-58-36-15-13-33(14-16-36)42-25-59-40-20-34-19-39(52(23-35(34)21-41(40)60-42)62(56,57)45-27(2)50-46(49)61-45)43(53)51-38(44(54)55)18-28-5-9-31(10-6-28)32-11-7-29(22-48)8-12-32/h3-17,20-21,38-39,42H,18-19,23-25H2,1-2H3,(H2,49,50)(H,51,53)(H,54,55)/t38?,39-,42+/m0/s1. The molecule has 16 heteroatoms. The number of nitriles is 1. The molecule has 4 N–H and O–H groups in total. The van der Waals surface area contributed by atoms with Crippen LogP contribution in [-0.2, 0) is 45.6 Å². The van der Waals surface area contributed by atoms with Crippen molar-refractivity contribution in [1.29, 1.82) is 5.26 Å². The Hall–Kier alpha value is -6.44. The van der Waals surface area contributed by atoms with Gasteiger partial charge in [0.1, 0.15) is 31.0 Å². The number of carbonyl (C=O) groups is 2. The number of nitrogens with zero attached hydrogens (tertiary/aromatic N) is 3. The quantitative estimate of drug-likeness (QED) is 0.110. The number of aryl methyl sites for hydroxylation is 2. The Morgan fingerprint density at radius 2 is 1.66 bits per heavy atom. The number of benzene rings is 5. The first-order valence-corrected chi connectivity index (χ1v) is 22.2. The van der Waals surface area contributed by atoms with Crippen LogP contribution in [0.3, 0.4) is 0 Å². The molecule has 3 heterocycles. The number of amides is 1. The number of sulfonamides is 1. The first kappa shape index (κ1) is 42.3. The van der Waals surface area contributed by atoms with E-state index in [2.05, 4.69) is 16.4 Å². The van der Waals surface area contributed by atoms with Gasteiger partial charge in [0.25, 0.3) is 10.0 Å². The van der Waals surface area contributed by atoms with Crippen molar-refractivity contribution >= 4 is 50.0 Å². The summed E-state index contributed by atoms with van der Waals surface area (Å²) in [4.78, 5) is 30.9. The summed E-state index contributed by atoms with van der Waals surface area (Å²) < 4.78 is 48.4. The summed E-state index contributed by atoms with van der Waals surface area (Å²) >= 11 is 7.06. The molecule has 1 amide bonds. The fourth-order valence-corrected chi connectivity index (χ4v) is 10.6. The van der Waals surface area contributed by atoms with E-state index in [1.54, 1.807) is 36.4 Å². The van der Waals surface area contributed by atoms with Crippen LogP contribution in [0.2, 0.25) is 5.02 Å². The highest BCUT2D eigenvalue weighted by Gasteiger charge is 2.43. The zero-order valence-corrected chi connectivity index (χ0v) is 35.9. The maximum Gasteiger partial charge on any atom is 0.326 e. The Morgan fingerprint density at radius 3 is 2.31 bits per heavy atom. The zero-order valence-electron chi connectivity index (χ0n) is 33.5. The molecule has 0 fully saturated rings. The Kier molecular flexibility index (Phi) is 11.9. The van der Waals surface area contributed by atoms with E-state index in [0.29, 0.717) is 51.1 Å².